The summed E-state index contributed by atoms with van der Waals surface area (Å²) in [5, 5.41) is 10.3. The Hall–Kier alpha value is -0.650. The highest BCUT2D eigenvalue weighted by molar-refractivity contribution is 5.78. The Kier molecular flexibility index (Phi) is 5.14. The van der Waals surface area contributed by atoms with Crippen LogP contribution in [-0.4, -0.2) is 83.7 Å². The molecule has 3 aliphatic rings. The standard InChI is InChI=1S/C16H29N3O2/c20-15-12-19(11-14(15)18-9-5-6-10-18)16(21)13-17-7-3-1-2-4-8-17/h14-15,20H,1-13H2/t14-,15-/m0/s1. The summed E-state index contributed by atoms with van der Waals surface area (Å²) in [6, 6.07) is 0.167. The molecular formula is C16H29N3O2. The Labute approximate surface area is 127 Å². The van der Waals surface area contributed by atoms with Crippen LogP contribution in [0.1, 0.15) is 38.5 Å². The molecule has 0 unspecified atom stereocenters. The largest absolute Gasteiger partial charge is 0.390 e. The van der Waals surface area contributed by atoms with Gasteiger partial charge in [0.25, 0.3) is 0 Å². The molecule has 0 aromatic heterocycles. The molecule has 0 aromatic rings. The number of amides is 1. The van der Waals surface area contributed by atoms with E-state index in [1.54, 1.807) is 0 Å². The maximum absolute atomic E-state index is 12.5. The number of likely N-dealkylation sites (tertiary alicyclic amines) is 3. The zero-order chi connectivity index (χ0) is 14.7. The second-order valence-electron chi connectivity index (χ2n) is 6.87. The SMILES string of the molecule is O=C(CN1CCCCCC1)N1C[C@H](O)[C@@H](N2CCCC2)C1. The second-order valence-corrected chi connectivity index (χ2v) is 6.87. The first-order valence-corrected chi connectivity index (χ1v) is 8.66. The van der Waals surface area contributed by atoms with E-state index in [9.17, 15) is 9.90 Å². The van der Waals surface area contributed by atoms with Crippen molar-refractivity contribution in [2.45, 2.75) is 50.7 Å². The molecule has 3 rings (SSSR count). The average Bonchev–Trinajstić information content (AvgIpc) is 3.04. The molecule has 0 saturated carbocycles. The lowest BCUT2D eigenvalue weighted by molar-refractivity contribution is -0.131. The molecule has 3 saturated heterocycles. The van der Waals surface area contributed by atoms with E-state index in [0.717, 1.165) is 26.2 Å². The summed E-state index contributed by atoms with van der Waals surface area (Å²) in [7, 11) is 0. The number of β-amino-alcohol motifs (C(OH)–C–C–N with tert-alkyl or cyclic N) is 1. The zero-order valence-electron chi connectivity index (χ0n) is 13.0. The first-order chi connectivity index (χ1) is 10.2. The molecule has 0 radical (unpaired) electrons. The van der Waals surface area contributed by atoms with Gasteiger partial charge in [-0.2, -0.15) is 0 Å². The van der Waals surface area contributed by atoms with Gasteiger partial charge in [0.05, 0.1) is 18.7 Å². The quantitative estimate of drug-likeness (QED) is 0.825. The number of hydrogen-bond acceptors (Lipinski definition) is 4. The number of rotatable bonds is 3. The van der Waals surface area contributed by atoms with Crippen molar-refractivity contribution >= 4 is 5.91 Å². The van der Waals surface area contributed by atoms with Crippen LogP contribution in [-0.2, 0) is 4.79 Å². The Morgan fingerprint density at radius 1 is 0.905 bits per heavy atom. The smallest absolute Gasteiger partial charge is 0.236 e. The van der Waals surface area contributed by atoms with Gasteiger partial charge >= 0.3 is 0 Å². The van der Waals surface area contributed by atoms with Crippen molar-refractivity contribution in [1.29, 1.82) is 0 Å². The molecule has 3 aliphatic heterocycles. The average molecular weight is 295 g/mol. The number of aliphatic hydroxyl groups is 1. The minimum absolute atomic E-state index is 0.167. The number of aliphatic hydroxyl groups excluding tert-OH is 1. The van der Waals surface area contributed by atoms with Crippen LogP contribution in [0.3, 0.4) is 0 Å². The highest BCUT2D eigenvalue weighted by Crippen LogP contribution is 2.21. The maximum atomic E-state index is 12.5. The van der Waals surface area contributed by atoms with Crippen molar-refractivity contribution in [3.63, 3.8) is 0 Å². The molecule has 3 heterocycles. The summed E-state index contributed by atoms with van der Waals surface area (Å²) in [6.07, 6.45) is 7.11. The Morgan fingerprint density at radius 2 is 1.52 bits per heavy atom. The summed E-state index contributed by atoms with van der Waals surface area (Å²) < 4.78 is 0. The molecule has 1 amide bonds. The van der Waals surface area contributed by atoms with E-state index in [0.29, 0.717) is 19.6 Å². The fraction of sp³-hybridized carbons (Fsp3) is 0.938. The number of carbonyl (C=O) groups excluding carboxylic acids is 1. The molecule has 1 N–H and O–H groups in total. The molecule has 5 nitrogen and oxygen atoms in total. The van der Waals surface area contributed by atoms with Gasteiger partial charge in [-0.15, -0.1) is 0 Å². The van der Waals surface area contributed by atoms with Crippen molar-refractivity contribution < 1.29 is 9.90 Å². The van der Waals surface area contributed by atoms with Gasteiger partial charge in [0.15, 0.2) is 0 Å². The highest BCUT2D eigenvalue weighted by Gasteiger charge is 2.38. The van der Waals surface area contributed by atoms with Gasteiger partial charge in [-0.25, -0.2) is 0 Å². The molecule has 120 valence electrons. The zero-order valence-corrected chi connectivity index (χ0v) is 13.0. The van der Waals surface area contributed by atoms with Crippen LogP contribution in [0.2, 0.25) is 0 Å². The van der Waals surface area contributed by atoms with E-state index in [4.69, 9.17) is 0 Å². The van der Waals surface area contributed by atoms with Gasteiger partial charge in [0.1, 0.15) is 0 Å². The van der Waals surface area contributed by atoms with Crippen LogP contribution >= 0.6 is 0 Å². The lowest BCUT2D eigenvalue weighted by Crippen LogP contribution is -2.42. The topological polar surface area (TPSA) is 47.0 Å². The Balaban J connectivity index is 1.50. The summed E-state index contributed by atoms with van der Waals surface area (Å²) >= 11 is 0. The number of hydrogen-bond donors (Lipinski definition) is 1. The lowest BCUT2D eigenvalue weighted by Gasteiger charge is -2.26. The predicted molar refractivity (Wildman–Crippen MR) is 82.1 cm³/mol. The van der Waals surface area contributed by atoms with Gasteiger partial charge in [0, 0.05) is 13.1 Å². The van der Waals surface area contributed by atoms with Gasteiger partial charge < -0.3 is 10.0 Å². The predicted octanol–water partition coefficient (Wildman–Crippen LogP) is 0.530. The van der Waals surface area contributed by atoms with Crippen LogP contribution in [0.4, 0.5) is 0 Å². The number of carbonyl (C=O) groups is 1. The third-order valence-corrected chi connectivity index (χ3v) is 5.28. The van der Waals surface area contributed by atoms with E-state index in [-0.39, 0.29) is 18.1 Å². The fourth-order valence-corrected chi connectivity index (χ4v) is 3.99. The minimum atomic E-state index is -0.365. The maximum Gasteiger partial charge on any atom is 0.236 e. The van der Waals surface area contributed by atoms with E-state index in [1.807, 2.05) is 4.90 Å². The van der Waals surface area contributed by atoms with Gasteiger partial charge in [-0.1, -0.05) is 12.8 Å². The summed E-state index contributed by atoms with van der Waals surface area (Å²) in [4.78, 5) is 19.0. The van der Waals surface area contributed by atoms with Crippen LogP contribution in [0.25, 0.3) is 0 Å². The molecule has 0 bridgehead atoms. The lowest BCUT2D eigenvalue weighted by atomic mass is 10.2. The first-order valence-electron chi connectivity index (χ1n) is 8.66. The molecular weight excluding hydrogens is 266 g/mol. The van der Waals surface area contributed by atoms with Crippen molar-refractivity contribution in [3.05, 3.63) is 0 Å². The van der Waals surface area contributed by atoms with E-state index >= 15 is 0 Å². The van der Waals surface area contributed by atoms with Gasteiger partial charge in [0.2, 0.25) is 5.91 Å². The summed E-state index contributed by atoms with van der Waals surface area (Å²) in [6.45, 7) is 6.04. The minimum Gasteiger partial charge on any atom is -0.390 e. The fourth-order valence-electron chi connectivity index (χ4n) is 3.99. The van der Waals surface area contributed by atoms with Gasteiger partial charge in [-0.3, -0.25) is 14.6 Å². The third kappa shape index (κ3) is 3.76. The Morgan fingerprint density at radius 3 is 2.19 bits per heavy atom. The summed E-state index contributed by atoms with van der Waals surface area (Å²) in [5.74, 6) is 0.206. The van der Waals surface area contributed by atoms with Crippen LogP contribution in [0.5, 0.6) is 0 Å². The third-order valence-electron chi connectivity index (χ3n) is 5.28. The van der Waals surface area contributed by atoms with Crippen molar-refractivity contribution in [2.75, 3.05) is 45.8 Å². The molecule has 0 aliphatic carbocycles. The van der Waals surface area contributed by atoms with Crippen molar-refractivity contribution in [3.8, 4) is 0 Å². The van der Waals surface area contributed by atoms with E-state index in [2.05, 4.69) is 9.80 Å². The van der Waals surface area contributed by atoms with Crippen LogP contribution in [0.15, 0.2) is 0 Å². The Bertz CT molecular complexity index is 349. The second kappa shape index (κ2) is 7.07. The van der Waals surface area contributed by atoms with Crippen molar-refractivity contribution in [1.82, 2.24) is 14.7 Å². The van der Waals surface area contributed by atoms with Crippen molar-refractivity contribution in [2.24, 2.45) is 0 Å². The molecule has 0 spiro atoms. The van der Waals surface area contributed by atoms with Crippen LogP contribution in [0, 0.1) is 0 Å². The molecule has 3 fully saturated rings. The monoisotopic (exact) mass is 295 g/mol. The molecule has 21 heavy (non-hydrogen) atoms. The molecule has 0 aromatic carbocycles. The number of nitrogens with zero attached hydrogens (tertiary/aromatic N) is 3. The highest BCUT2D eigenvalue weighted by atomic mass is 16.3. The molecule has 2 atom stereocenters. The van der Waals surface area contributed by atoms with E-state index in [1.165, 1.54) is 38.5 Å². The summed E-state index contributed by atoms with van der Waals surface area (Å²) in [5.41, 5.74) is 0. The van der Waals surface area contributed by atoms with E-state index < -0.39 is 0 Å². The van der Waals surface area contributed by atoms with Gasteiger partial charge in [-0.05, 0) is 51.9 Å². The van der Waals surface area contributed by atoms with Crippen LogP contribution < -0.4 is 0 Å². The normalized spacial score (nSPS) is 32.5. The molecule has 5 heteroatoms. The first kappa shape index (κ1) is 15.3.